The number of carbonyl (C=O) groups is 2. The minimum Gasteiger partial charge on any atom is -0.756 e. The predicted molar refractivity (Wildman–Crippen MR) is 315 cm³/mol. The molecule has 0 bridgehead atoms. The Morgan fingerprint density at radius 3 is 1.00 bits per heavy atom. The maximum atomic E-state index is 12.7. The van der Waals surface area contributed by atoms with Crippen molar-refractivity contribution in [2.45, 2.75) is 341 Å². The largest absolute Gasteiger partial charge is 0.756 e. The van der Waals surface area contributed by atoms with Gasteiger partial charge in [0.25, 0.3) is 7.82 Å². The molecule has 0 aromatic carbocycles. The second kappa shape index (κ2) is 56.5. The van der Waals surface area contributed by atoms with Crippen molar-refractivity contribution in [3.63, 3.8) is 0 Å². The Morgan fingerprint density at radius 1 is 0.405 bits per heavy atom. The van der Waals surface area contributed by atoms with Crippen LogP contribution in [0.25, 0.3) is 0 Å². The average molecular weight is 1070 g/mol. The second-order valence-electron chi connectivity index (χ2n) is 23.5. The van der Waals surface area contributed by atoms with E-state index < -0.39 is 26.5 Å². The number of ether oxygens (including phenoxy) is 2. The van der Waals surface area contributed by atoms with E-state index in [1.807, 2.05) is 21.1 Å². The minimum absolute atomic E-state index is 0.0289. The first-order valence-electron chi connectivity index (χ1n) is 32.4. The number of unbranched alkanes of at least 4 members (excludes halogenated alkanes) is 45. The molecule has 440 valence electrons. The zero-order valence-corrected chi connectivity index (χ0v) is 51.0. The predicted octanol–water partition coefficient (Wildman–Crippen LogP) is 19.8. The van der Waals surface area contributed by atoms with Crippen LogP contribution in [0.5, 0.6) is 0 Å². The van der Waals surface area contributed by atoms with Gasteiger partial charge in [0, 0.05) is 12.8 Å². The van der Waals surface area contributed by atoms with E-state index in [0.717, 1.165) is 51.4 Å². The highest BCUT2D eigenvalue weighted by Crippen LogP contribution is 2.38. The van der Waals surface area contributed by atoms with Gasteiger partial charge in [0.05, 0.1) is 27.7 Å². The Balaban J connectivity index is 3.86. The van der Waals surface area contributed by atoms with Crippen molar-refractivity contribution in [1.82, 2.24) is 0 Å². The summed E-state index contributed by atoms with van der Waals surface area (Å²) in [6.07, 6.45) is 67.4. The molecule has 0 aliphatic heterocycles. The van der Waals surface area contributed by atoms with Crippen molar-refractivity contribution in [2.24, 2.45) is 0 Å². The molecule has 0 aliphatic rings. The topological polar surface area (TPSA) is 111 Å². The number of phosphoric acid groups is 1. The van der Waals surface area contributed by atoms with E-state index in [1.165, 1.54) is 250 Å². The highest BCUT2D eigenvalue weighted by Gasteiger charge is 2.22. The highest BCUT2D eigenvalue weighted by molar-refractivity contribution is 7.45. The molecule has 0 fully saturated rings. The molecule has 0 amide bonds. The molecule has 0 N–H and O–H groups in total. The van der Waals surface area contributed by atoms with Crippen molar-refractivity contribution in [3.8, 4) is 0 Å². The van der Waals surface area contributed by atoms with E-state index in [2.05, 4.69) is 26.0 Å². The standard InChI is InChI=1S/C64H126NO8P/c1-6-8-10-12-14-16-18-20-22-23-24-25-26-27-28-29-30-31-32-33-34-35-36-37-38-39-40-41-42-43-45-46-48-50-52-54-56-63(66)70-60-62(61-72-74(68,69)71-59-58-65(3,4)5)73-64(67)57-55-53-51-49-47-44-21-19-17-15-13-11-9-7-2/h19,21,62H,6-18,20,22-61H2,1-5H3/b21-19-. The van der Waals surface area contributed by atoms with E-state index in [1.54, 1.807) is 0 Å². The Labute approximate surface area is 460 Å². The summed E-state index contributed by atoms with van der Waals surface area (Å²) in [6, 6.07) is 0. The maximum absolute atomic E-state index is 12.7. The first-order valence-corrected chi connectivity index (χ1v) is 33.9. The van der Waals surface area contributed by atoms with Crippen molar-refractivity contribution in [1.29, 1.82) is 0 Å². The zero-order chi connectivity index (χ0) is 54.2. The van der Waals surface area contributed by atoms with Crippen LogP contribution in [-0.2, 0) is 32.7 Å². The van der Waals surface area contributed by atoms with Gasteiger partial charge in [-0.2, -0.15) is 0 Å². The number of hydrogen-bond donors (Lipinski definition) is 0. The highest BCUT2D eigenvalue weighted by atomic mass is 31.2. The molecular formula is C64H126NO8P. The molecule has 0 radical (unpaired) electrons. The summed E-state index contributed by atoms with van der Waals surface area (Å²) in [5.74, 6) is -0.825. The first kappa shape index (κ1) is 72.8. The molecule has 74 heavy (non-hydrogen) atoms. The molecular weight excluding hydrogens is 942 g/mol. The number of carbonyl (C=O) groups excluding carboxylic acids is 2. The average Bonchev–Trinajstić information content (AvgIpc) is 3.36. The number of rotatable bonds is 61. The number of esters is 2. The van der Waals surface area contributed by atoms with Crippen LogP contribution in [0.1, 0.15) is 335 Å². The number of phosphoric ester groups is 1. The summed E-state index contributed by atoms with van der Waals surface area (Å²) < 4.78 is 34.1. The van der Waals surface area contributed by atoms with Crippen molar-refractivity contribution < 1.29 is 42.1 Å². The number of likely N-dealkylation sites (N-methyl/N-ethyl adjacent to an activating group) is 1. The monoisotopic (exact) mass is 1070 g/mol. The summed E-state index contributed by atoms with van der Waals surface area (Å²) in [7, 11) is 1.18. The third-order valence-corrected chi connectivity index (χ3v) is 15.7. The fourth-order valence-corrected chi connectivity index (χ4v) is 10.5. The van der Waals surface area contributed by atoms with Gasteiger partial charge in [-0.05, 0) is 38.5 Å². The van der Waals surface area contributed by atoms with Crippen LogP contribution in [0.3, 0.4) is 0 Å². The molecule has 0 aromatic heterocycles. The van der Waals surface area contributed by atoms with Crippen LogP contribution < -0.4 is 4.89 Å². The fourth-order valence-electron chi connectivity index (χ4n) is 9.77. The Hall–Kier alpha value is -1.25. The number of nitrogens with zero attached hydrogens (tertiary/aromatic N) is 1. The molecule has 0 saturated carbocycles. The van der Waals surface area contributed by atoms with Gasteiger partial charge in [-0.25, -0.2) is 0 Å². The van der Waals surface area contributed by atoms with Gasteiger partial charge in [-0.3, -0.25) is 14.2 Å². The molecule has 2 unspecified atom stereocenters. The lowest BCUT2D eigenvalue weighted by Crippen LogP contribution is -2.37. The van der Waals surface area contributed by atoms with Gasteiger partial charge in [-0.15, -0.1) is 0 Å². The number of hydrogen-bond acceptors (Lipinski definition) is 8. The van der Waals surface area contributed by atoms with Gasteiger partial charge >= 0.3 is 11.9 Å². The smallest absolute Gasteiger partial charge is 0.306 e. The van der Waals surface area contributed by atoms with E-state index in [4.69, 9.17) is 18.5 Å². The molecule has 2 atom stereocenters. The Morgan fingerprint density at radius 2 is 0.689 bits per heavy atom. The van der Waals surface area contributed by atoms with E-state index in [0.29, 0.717) is 17.4 Å². The molecule has 0 aromatic rings. The van der Waals surface area contributed by atoms with Crippen LogP contribution >= 0.6 is 7.82 Å². The molecule has 0 spiro atoms. The maximum Gasteiger partial charge on any atom is 0.306 e. The molecule has 0 heterocycles. The van der Waals surface area contributed by atoms with Gasteiger partial charge in [0.15, 0.2) is 6.10 Å². The Kier molecular flexibility index (Phi) is 55.5. The van der Waals surface area contributed by atoms with Gasteiger partial charge in [0.1, 0.15) is 19.8 Å². The zero-order valence-electron chi connectivity index (χ0n) is 50.1. The molecule has 0 rings (SSSR count). The van der Waals surface area contributed by atoms with Gasteiger partial charge in [-0.1, -0.05) is 296 Å². The summed E-state index contributed by atoms with van der Waals surface area (Å²) in [6.45, 7) is 4.27. The van der Waals surface area contributed by atoms with Gasteiger partial charge < -0.3 is 27.9 Å². The van der Waals surface area contributed by atoms with Crippen LogP contribution in [0.15, 0.2) is 12.2 Å². The van der Waals surface area contributed by atoms with E-state index >= 15 is 0 Å². The fraction of sp³-hybridized carbons (Fsp3) is 0.938. The lowest BCUT2D eigenvalue weighted by atomic mass is 10.0. The molecule has 10 heteroatoms. The quantitative estimate of drug-likeness (QED) is 0.0195. The summed E-state index contributed by atoms with van der Waals surface area (Å²) in [5.41, 5.74) is 0. The summed E-state index contributed by atoms with van der Waals surface area (Å²) in [4.78, 5) is 37.8. The summed E-state index contributed by atoms with van der Waals surface area (Å²) >= 11 is 0. The molecule has 9 nitrogen and oxygen atoms in total. The SMILES string of the molecule is CCCCCCC/C=C\CCCCCCCC(=O)OC(COC(=O)CCCCCCCCCCCCCCCCCCCCCCCCCCCCCCCCCCCCCC)COP(=O)([O-])OCC[N+](C)(C)C. The van der Waals surface area contributed by atoms with Crippen LogP contribution in [0.4, 0.5) is 0 Å². The lowest BCUT2D eigenvalue weighted by molar-refractivity contribution is -0.870. The summed E-state index contributed by atoms with van der Waals surface area (Å²) in [5, 5.41) is 0. The minimum atomic E-state index is -4.63. The second-order valence-corrected chi connectivity index (χ2v) is 24.9. The molecule has 0 aliphatic carbocycles. The number of quaternary nitrogens is 1. The third-order valence-electron chi connectivity index (χ3n) is 14.8. The van der Waals surface area contributed by atoms with Gasteiger partial charge in [0.2, 0.25) is 0 Å². The van der Waals surface area contributed by atoms with E-state index in [9.17, 15) is 19.0 Å². The Bertz CT molecular complexity index is 1260. The van der Waals surface area contributed by atoms with Crippen LogP contribution in [0, 0.1) is 0 Å². The van der Waals surface area contributed by atoms with E-state index in [-0.39, 0.29) is 32.0 Å². The van der Waals surface area contributed by atoms with Crippen molar-refractivity contribution in [2.75, 3.05) is 47.5 Å². The van der Waals surface area contributed by atoms with Crippen molar-refractivity contribution in [3.05, 3.63) is 12.2 Å². The normalized spacial score (nSPS) is 13.2. The van der Waals surface area contributed by atoms with Crippen LogP contribution in [0.2, 0.25) is 0 Å². The number of allylic oxidation sites excluding steroid dienone is 2. The van der Waals surface area contributed by atoms with Crippen molar-refractivity contribution >= 4 is 19.8 Å². The third kappa shape index (κ3) is 60.0. The van der Waals surface area contributed by atoms with Crippen LogP contribution in [-0.4, -0.2) is 70.0 Å². The lowest BCUT2D eigenvalue weighted by Gasteiger charge is -2.28. The first-order chi connectivity index (χ1) is 36.0. The molecule has 0 saturated heterocycles.